The number of hydrogen-bond acceptors (Lipinski definition) is 4. The second-order valence-corrected chi connectivity index (χ2v) is 2.62. The van der Waals surface area contributed by atoms with E-state index >= 15 is 0 Å². The van der Waals surface area contributed by atoms with Crippen LogP contribution in [0.3, 0.4) is 0 Å². The van der Waals surface area contributed by atoms with Crippen LogP contribution >= 0.6 is 0 Å². The molecule has 0 saturated carbocycles. The van der Waals surface area contributed by atoms with E-state index in [-0.39, 0.29) is 0 Å². The van der Waals surface area contributed by atoms with Crippen LogP contribution in [0.2, 0.25) is 0 Å². The van der Waals surface area contributed by atoms with Crippen molar-refractivity contribution in [1.29, 1.82) is 0 Å². The van der Waals surface area contributed by atoms with E-state index in [4.69, 9.17) is 18.6 Å². The molecule has 0 amide bonds. The minimum Gasteiger partial charge on any atom is -0.428 e. The Morgan fingerprint density at radius 2 is 1.55 bits per heavy atom. The Bertz CT molecular complexity index is 86.3. The highest BCUT2D eigenvalue weighted by molar-refractivity contribution is 5.97. The summed E-state index contributed by atoms with van der Waals surface area (Å²) in [5.74, 6) is -0.926. The first-order chi connectivity index (χ1) is 5.24. The maximum absolute atomic E-state index is 5.03. The second kappa shape index (κ2) is 5.67. The van der Waals surface area contributed by atoms with Gasteiger partial charge in [0.25, 0.3) is 5.97 Å². The smallest absolute Gasteiger partial charge is 0.284 e. The van der Waals surface area contributed by atoms with Crippen LogP contribution in [0.15, 0.2) is 0 Å². The lowest BCUT2D eigenvalue weighted by Crippen LogP contribution is -2.37. The van der Waals surface area contributed by atoms with Gasteiger partial charge in [-0.15, -0.1) is 0 Å². The van der Waals surface area contributed by atoms with Gasteiger partial charge in [-0.1, -0.05) is 0 Å². The highest BCUT2D eigenvalue weighted by Crippen LogP contribution is 2.16. The summed E-state index contributed by atoms with van der Waals surface area (Å²) in [5, 5.41) is 0. The molecule has 0 saturated heterocycles. The lowest BCUT2D eigenvalue weighted by atomic mass is 10.4. The van der Waals surface area contributed by atoms with Crippen molar-refractivity contribution < 1.29 is 18.6 Å². The molecule has 0 atom stereocenters. The van der Waals surface area contributed by atoms with E-state index in [1.807, 2.05) is 0 Å². The summed E-state index contributed by atoms with van der Waals surface area (Å²) in [4.78, 5) is 0. The quantitative estimate of drug-likeness (QED) is 0.399. The molecule has 0 N–H and O–H groups in total. The van der Waals surface area contributed by atoms with E-state index < -0.39 is 5.97 Å². The molecule has 0 bridgehead atoms. The molecule has 0 fully saturated rings. The van der Waals surface area contributed by atoms with Crippen molar-refractivity contribution in [3.05, 3.63) is 0 Å². The van der Waals surface area contributed by atoms with Gasteiger partial charge < -0.3 is 18.6 Å². The van der Waals surface area contributed by atoms with Gasteiger partial charge in [-0.2, -0.15) is 0 Å². The summed E-state index contributed by atoms with van der Waals surface area (Å²) < 4.78 is 20.1. The fourth-order valence-corrected chi connectivity index (χ4v) is 0.987. The maximum Gasteiger partial charge on any atom is 0.284 e. The maximum atomic E-state index is 5.03. The van der Waals surface area contributed by atoms with E-state index in [0.29, 0.717) is 13.0 Å². The van der Waals surface area contributed by atoms with Crippen molar-refractivity contribution in [1.82, 2.24) is 0 Å². The standard InChI is InChI=1S/C6H16O4Si/c1-7-6(8-2,9-3)4-5-10-11/h4-5H2,1-3,11H3. The molecule has 0 aromatic carbocycles. The van der Waals surface area contributed by atoms with Crippen molar-refractivity contribution >= 4 is 10.5 Å². The molecule has 0 aliphatic rings. The largest absolute Gasteiger partial charge is 0.428 e. The molecule has 0 unspecified atom stereocenters. The fraction of sp³-hybridized carbons (Fsp3) is 1.00. The Kier molecular flexibility index (Phi) is 5.70. The van der Waals surface area contributed by atoms with Crippen LogP contribution in [0.5, 0.6) is 0 Å². The summed E-state index contributed by atoms with van der Waals surface area (Å²) >= 11 is 0. The second-order valence-electron chi connectivity index (χ2n) is 2.04. The minimum atomic E-state index is -0.926. The first-order valence-electron chi connectivity index (χ1n) is 3.39. The SMILES string of the molecule is COC(CCO[SiH3])(OC)OC. The summed E-state index contributed by atoms with van der Waals surface area (Å²) in [6.45, 7) is 0.599. The summed E-state index contributed by atoms with van der Waals surface area (Å²) in [7, 11) is 5.35. The monoisotopic (exact) mass is 180 g/mol. The van der Waals surface area contributed by atoms with Gasteiger partial charge >= 0.3 is 0 Å². The van der Waals surface area contributed by atoms with Crippen molar-refractivity contribution in [2.24, 2.45) is 0 Å². The normalized spacial score (nSPS) is 12.3. The van der Waals surface area contributed by atoms with E-state index in [2.05, 4.69) is 0 Å². The third-order valence-corrected chi connectivity index (χ3v) is 1.95. The molecule has 68 valence electrons. The zero-order chi connectivity index (χ0) is 8.74. The van der Waals surface area contributed by atoms with Gasteiger partial charge in [-0.25, -0.2) is 0 Å². The van der Waals surface area contributed by atoms with Gasteiger partial charge in [-0.05, 0) is 0 Å². The summed E-state index contributed by atoms with van der Waals surface area (Å²) in [5.41, 5.74) is 0. The molecule has 0 rings (SSSR count). The molecule has 11 heavy (non-hydrogen) atoms. The number of methoxy groups -OCH3 is 3. The van der Waals surface area contributed by atoms with Crippen LogP contribution in [-0.4, -0.2) is 44.4 Å². The van der Waals surface area contributed by atoms with Crippen LogP contribution in [-0.2, 0) is 18.6 Å². The Morgan fingerprint density at radius 1 is 1.09 bits per heavy atom. The first-order valence-corrected chi connectivity index (χ1v) is 4.20. The molecule has 0 aromatic rings. The number of ether oxygens (including phenoxy) is 3. The summed E-state index contributed by atoms with van der Waals surface area (Å²) in [6, 6.07) is 0. The topological polar surface area (TPSA) is 36.9 Å². The van der Waals surface area contributed by atoms with Crippen LogP contribution in [0.4, 0.5) is 0 Å². The van der Waals surface area contributed by atoms with Gasteiger partial charge in [0.1, 0.15) is 10.5 Å². The predicted octanol–water partition coefficient (Wildman–Crippen LogP) is -0.734. The first kappa shape index (κ1) is 11.1. The summed E-state index contributed by atoms with van der Waals surface area (Å²) in [6.07, 6.45) is 0.583. The van der Waals surface area contributed by atoms with Crippen LogP contribution in [0, 0.1) is 0 Å². The van der Waals surface area contributed by atoms with Gasteiger partial charge in [-0.3, -0.25) is 0 Å². The highest BCUT2D eigenvalue weighted by atomic mass is 28.2. The van der Waals surface area contributed by atoms with Gasteiger partial charge in [0.2, 0.25) is 0 Å². The average molecular weight is 180 g/mol. The third kappa shape index (κ3) is 3.30. The zero-order valence-electron chi connectivity index (χ0n) is 7.55. The molecular formula is C6H16O4Si. The Hall–Kier alpha value is 0.0569. The van der Waals surface area contributed by atoms with Gasteiger partial charge in [0.05, 0.1) is 6.42 Å². The Balaban J connectivity index is 3.84. The lowest BCUT2D eigenvalue weighted by molar-refractivity contribution is -0.356. The van der Waals surface area contributed by atoms with Gasteiger partial charge in [0.15, 0.2) is 0 Å². The van der Waals surface area contributed by atoms with E-state index in [0.717, 1.165) is 10.5 Å². The molecule has 0 radical (unpaired) electrons. The molecule has 0 spiro atoms. The van der Waals surface area contributed by atoms with Crippen LogP contribution < -0.4 is 0 Å². The molecule has 0 aliphatic heterocycles. The van der Waals surface area contributed by atoms with E-state index in [1.165, 1.54) is 0 Å². The molecule has 0 aliphatic carbocycles. The Labute approximate surface area is 70.3 Å². The lowest BCUT2D eigenvalue weighted by Gasteiger charge is -2.28. The average Bonchev–Trinajstić information content (AvgIpc) is 2.08. The molecule has 5 heteroatoms. The number of rotatable bonds is 6. The third-order valence-electron chi connectivity index (χ3n) is 1.55. The molecule has 4 nitrogen and oxygen atoms in total. The Morgan fingerprint density at radius 3 is 1.82 bits per heavy atom. The van der Waals surface area contributed by atoms with Gasteiger partial charge in [0, 0.05) is 27.9 Å². The van der Waals surface area contributed by atoms with E-state index in [9.17, 15) is 0 Å². The van der Waals surface area contributed by atoms with Crippen molar-refractivity contribution in [3.63, 3.8) is 0 Å². The predicted molar refractivity (Wildman–Crippen MR) is 44.3 cm³/mol. The zero-order valence-corrected chi connectivity index (χ0v) is 9.55. The molecule has 0 aromatic heterocycles. The molecule has 0 heterocycles. The number of hydrogen-bond donors (Lipinski definition) is 0. The van der Waals surface area contributed by atoms with Crippen LogP contribution in [0.1, 0.15) is 6.42 Å². The van der Waals surface area contributed by atoms with Crippen molar-refractivity contribution in [2.75, 3.05) is 27.9 Å². The highest BCUT2D eigenvalue weighted by Gasteiger charge is 2.28. The van der Waals surface area contributed by atoms with Crippen LogP contribution in [0.25, 0.3) is 0 Å². The van der Waals surface area contributed by atoms with Crippen molar-refractivity contribution in [2.45, 2.75) is 12.4 Å². The van der Waals surface area contributed by atoms with E-state index in [1.54, 1.807) is 21.3 Å². The minimum absolute atomic E-state index is 0.583. The van der Waals surface area contributed by atoms with Crippen molar-refractivity contribution in [3.8, 4) is 0 Å². The fourth-order valence-electron chi connectivity index (χ4n) is 0.783. The molecular weight excluding hydrogens is 164 g/mol.